The van der Waals surface area contributed by atoms with E-state index in [0.29, 0.717) is 23.7 Å². The predicted molar refractivity (Wildman–Crippen MR) is 125 cm³/mol. The molecular weight excluding hydrogens is 426 g/mol. The van der Waals surface area contributed by atoms with Gasteiger partial charge >= 0.3 is 0 Å². The van der Waals surface area contributed by atoms with Gasteiger partial charge in [0, 0.05) is 17.1 Å². The number of carbonyl (C=O) groups excluding carboxylic acids is 1. The van der Waals surface area contributed by atoms with Gasteiger partial charge in [0.2, 0.25) is 0 Å². The molecule has 1 heterocycles. The first-order chi connectivity index (χ1) is 15.6. The number of imidazole rings is 1. The summed E-state index contributed by atoms with van der Waals surface area (Å²) in [4.78, 5) is 17.2. The fraction of sp³-hybridized carbons (Fsp3) is 0.200. The molecule has 0 aliphatic carbocycles. The first kappa shape index (κ1) is 21.7. The van der Waals surface area contributed by atoms with Gasteiger partial charge in [-0.3, -0.25) is 4.79 Å². The van der Waals surface area contributed by atoms with Gasteiger partial charge in [0.05, 0.1) is 31.3 Å². The molecule has 1 amide bonds. The number of nitrogens with one attached hydrogen (secondary N) is 1. The Morgan fingerprint density at radius 1 is 1.03 bits per heavy atom. The number of carbonyl (C=O) groups is 1. The molecule has 4 aromatic rings. The van der Waals surface area contributed by atoms with E-state index in [1.165, 1.54) is 0 Å². The quantitative estimate of drug-likeness (QED) is 0.361. The molecule has 0 aliphatic heterocycles. The molecule has 0 radical (unpaired) electrons. The maximum absolute atomic E-state index is 12.5. The number of halogens is 1. The van der Waals surface area contributed by atoms with Crippen molar-refractivity contribution in [3.63, 3.8) is 0 Å². The molecule has 0 fully saturated rings. The summed E-state index contributed by atoms with van der Waals surface area (Å²) >= 11 is 6.00. The standard InChI is InChI=1S/C25H24ClN3O3/c1-31-20-10-12-21(13-11-20)32-15-5-14-29-23-9-3-2-8-22(23)28-24(29)17-27-25(30)18-6-4-7-19(26)16-18/h2-4,6-13,16H,5,14-15,17H2,1H3,(H,27,30). The minimum atomic E-state index is -0.186. The van der Waals surface area contributed by atoms with Gasteiger partial charge in [0.25, 0.3) is 5.91 Å². The monoisotopic (exact) mass is 449 g/mol. The summed E-state index contributed by atoms with van der Waals surface area (Å²) in [5.41, 5.74) is 2.45. The second-order valence-corrected chi connectivity index (χ2v) is 7.68. The Hall–Kier alpha value is -3.51. The largest absolute Gasteiger partial charge is 0.497 e. The van der Waals surface area contributed by atoms with E-state index in [1.807, 2.05) is 48.5 Å². The van der Waals surface area contributed by atoms with E-state index in [-0.39, 0.29) is 5.91 Å². The summed E-state index contributed by atoms with van der Waals surface area (Å²) in [6.07, 6.45) is 0.793. The van der Waals surface area contributed by atoms with Crippen molar-refractivity contribution in [2.75, 3.05) is 13.7 Å². The molecule has 164 valence electrons. The van der Waals surface area contributed by atoms with Gasteiger partial charge in [-0.15, -0.1) is 0 Å². The van der Waals surface area contributed by atoms with Crippen LogP contribution in [0.5, 0.6) is 11.5 Å². The number of hydrogen-bond donors (Lipinski definition) is 1. The highest BCUT2D eigenvalue weighted by molar-refractivity contribution is 6.30. The minimum absolute atomic E-state index is 0.186. The fourth-order valence-corrected chi connectivity index (χ4v) is 3.68. The first-order valence-corrected chi connectivity index (χ1v) is 10.8. The summed E-state index contributed by atoms with van der Waals surface area (Å²) in [5, 5.41) is 3.48. The highest BCUT2D eigenvalue weighted by atomic mass is 35.5. The number of hydrogen-bond acceptors (Lipinski definition) is 4. The Labute approximate surface area is 191 Å². The van der Waals surface area contributed by atoms with Crippen molar-refractivity contribution >= 4 is 28.5 Å². The van der Waals surface area contributed by atoms with Crippen LogP contribution in [0, 0.1) is 0 Å². The number of rotatable bonds is 9. The van der Waals surface area contributed by atoms with Crippen LogP contribution in [0.15, 0.2) is 72.8 Å². The Bertz CT molecular complexity index is 1200. The topological polar surface area (TPSA) is 65.4 Å². The van der Waals surface area contributed by atoms with Gasteiger partial charge in [-0.1, -0.05) is 29.8 Å². The predicted octanol–water partition coefficient (Wildman–Crippen LogP) is 5.10. The smallest absolute Gasteiger partial charge is 0.251 e. The minimum Gasteiger partial charge on any atom is -0.497 e. The van der Waals surface area contributed by atoms with Gasteiger partial charge in [-0.05, 0) is 61.0 Å². The van der Waals surface area contributed by atoms with E-state index in [4.69, 9.17) is 26.1 Å². The van der Waals surface area contributed by atoms with Gasteiger partial charge in [0.1, 0.15) is 17.3 Å². The normalized spacial score (nSPS) is 10.8. The Kier molecular flexibility index (Phi) is 6.92. The molecule has 0 saturated carbocycles. The maximum atomic E-state index is 12.5. The second kappa shape index (κ2) is 10.2. The third-order valence-corrected chi connectivity index (χ3v) is 5.32. The summed E-state index contributed by atoms with van der Waals surface area (Å²) < 4.78 is 13.2. The zero-order valence-electron chi connectivity index (χ0n) is 17.8. The Morgan fingerprint density at radius 2 is 1.81 bits per heavy atom. The Balaban J connectivity index is 1.41. The molecule has 3 aromatic carbocycles. The molecule has 0 unspecified atom stereocenters. The lowest BCUT2D eigenvalue weighted by Gasteiger charge is -2.11. The number of aromatic nitrogens is 2. The van der Waals surface area contributed by atoms with Crippen LogP contribution in [0.2, 0.25) is 5.02 Å². The number of amides is 1. The number of benzene rings is 3. The highest BCUT2D eigenvalue weighted by Gasteiger charge is 2.12. The molecule has 0 spiro atoms. The number of para-hydroxylation sites is 2. The molecule has 6 nitrogen and oxygen atoms in total. The van der Waals surface area contributed by atoms with E-state index in [0.717, 1.165) is 41.3 Å². The second-order valence-electron chi connectivity index (χ2n) is 7.24. The van der Waals surface area contributed by atoms with Crippen molar-refractivity contribution in [1.82, 2.24) is 14.9 Å². The van der Waals surface area contributed by atoms with Crippen molar-refractivity contribution in [1.29, 1.82) is 0 Å². The molecule has 4 rings (SSSR count). The number of methoxy groups -OCH3 is 1. The van der Waals surface area contributed by atoms with Crippen LogP contribution in [0.25, 0.3) is 11.0 Å². The molecule has 1 aromatic heterocycles. The molecule has 0 bridgehead atoms. The number of ether oxygens (including phenoxy) is 2. The highest BCUT2D eigenvalue weighted by Crippen LogP contribution is 2.19. The average Bonchev–Trinajstić information content (AvgIpc) is 3.18. The molecule has 1 N–H and O–H groups in total. The van der Waals surface area contributed by atoms with Gasteiger partial charge in [-0.2, -0.15) is 0 Å². The lowest BCUT2D eigenvalue weighted by Crippen LogP contribution is -2.25. The van der Waals surface area contributed by atoms with Crippen molar-refractivity contribution in [3.8, 4) is 11.5 Å². The van der Waals surface area contributed by atoms with Crippen LogP contribution in [0.4, 0.5) is 0 Å². The zero-order chi connectivity index (χ0) is 22.3. The van der Waals surface area contributed by atoms with E-state index in [1.54, 1.807) is 31.4 Å². The molecular formula is C25H24ClN3O3. The number of aryl methyl sites for hydroxylation is 1. The third-order valence-electron chi connectivity index (χ3n) is 5.08. The van der Waals surface area contributed by atoms with E-state index in [9.17, 15) is 4.79 Å². The van der Waals surface area contributed by atoms with Crippen LogP contribution in [0.3, 0.4) is 0 Å². The van der Waals surface area contributed by atoms with Gasteiger partial charge in [-0.25, -0.2) is 4.98 Å². The lowest BCUT2D eigenvalue weighted by atomic mass is 10.2. The summed E-state index contributed by atoms with van der Waals surface area (Å²) in [6, 6.07) is 22.4. The third kappa shape index (κ3) is 5.21. The van der Waals surface area contributed by atoms with E-state index < -0.39 is 0 Å². The fourth-order valence-electron chi connectivity index (χ4n) is 3.49. The Morgan fingerprint density at radius 3 is 2.59 bits per heavy atom. The molecule has 0 aliphatic rings. The molecule has 0 atom stereocenters. The van der Waals surface area contributed by atoms with Crippen molar-refractivity contribution < 1.29 is 14.3 Å². The first-order valence-electron chi connectivity index (χ1n) is 10.4. The van der Waals surface area contributed by atoms with E-state index in [2.05, 4.69) is 9.88 Å². The van der Waals surface area contributed by atoms with Gasteiger partial charge in [0.15, 0.2) is 0 Å². The molecule has 7 heteroatoms. The van der Waals surface area contributed by atoms with Crippen LogP contribution in [0.1, 0.15) is 22.6 Å². The molecule has 0 saturated heterocycles. The number of nitrogens with zero attached hydrogens (tertiary/aromatic N) is 2. The van der Waals surface area contributed by atoms with Crippen LogP contribution >= 0.6 is 11.6 Å². The van der Waals surface area contributed by atoms with Crippen LogP contribution < -0.4 is 14.8 Å². The summed E-state index contributed by atoms with van der Waals surface area (Å²) in [5.74, 6) is 2.21. The van der Waals surface area contributed by atoms with Crippen LogP contribution in [-0.2, 0) is 13.1 Å². The van der Waals surface area contributed by atoms with E-state index >= 15 is 0 Å². The maximum Gasteiger partial charge on any atom is 0.251 e. The summed E-state index contributed by atoms with van der Waals surface area (Å²) in [6.45, 7) is 1.60. The average molecular weight is 450 g/mol. The van der Waals surface area contributed by atoms with Crippen molar-refractivity contribution in [3.05, 3.63) is 89.2 Å². The molecule has 32 heavy (non-hydrogen) atoms. The number of fused-ring (bicyclic) bond motifs is 1. The summed E-state index contributed by atoms with van der Waals surface area (Å²) in [7, 11) is 1.64. The van der Waals surface area contributed by atoms with Crippen molar-refractivity contribution in [2.24, 2.45) is 0 Å². The zero-order valence-corrected chi connectivity index (χ0v) is 18.5. The SMILES string of the molecule is COc1ccc(OCCCn2c(CNC(=O)c3cccc(Cl)c3)nc3ccccc32)cc1. The van der Waals surface area contributed by atoms with Crippen molar-refractivity contribution in [2.45, 2.75) is 19.5 Å². The van der Waals surface area contributed by atoms with Gasteiger partial charge < -0.3 is 19.4 Å². The van der Waals surface area contributed by atoms with Crippen LogP contribution in [-0.4, -0.2) is 29.2 Å². The lowest BCUT2D eigenvalue weighted by molar-refractivity contribution is 0.0949.